The third kappa shape index (κ3) is 4.74. The Morgan fingerprint density at radius 1 is 1.40 bits per heavy atom. The second-order valence-electron chi connectivity index (χ2n) is 6.85. The summed E-state index contributed by atoms with van der Waals surface area (Å²) in [6.45, 7) is 8.89. The van der Waals surface area contributed by atoms with Gasteiger partial charge in [0.25, 0.3) is 0 Å². The molecule has 4 nitrogen and oxygen atoms in total. The Hall–Kier alpha value is -0.610. The molecular formula is C16H33N3O. The van der Waals surface area contributed by atoms with Crippen molar-refractivity contribution in [1.82, 2.24) is 10.2 Å². The minimum absolute atomic E-state index is 0.180. The van der Waals surface area contributed by atoms with E-state index in [1.807, 2.05) is 0 Å². The molecule has 1 rings (SSSR count). The van der Waals surface area contributed by atoms with E-state index in [0.717, 1.165) is 51.1 Å². The van der Waals surface area contributed by atoms with E-state index < -0.39 is 0 Å². The SMILES string of the molecule is CC1CCC(CN)(C(=O)NCCCN(C)C(C)C)CC1. The van der Waals surface area contributed by atoms with Crippen LogP contribution in [0.5, 0.6) is 0 Å². The molecular weight excluding hydrogens is 250 g/mol. The number of carbonyl (C=O) groups excluding carboxylic acids is 1. The van der Waals surface area contributed by atoms with E-state index in [0.29, 0.717) is 12.6 Å². The first-order chi connectivity index (χ1) is 9.41. The van der Waals surface area contributed by atoms with Crippen LogP contribution in [-0.2, 0) is 4.79 Å². The standard InChI is InChI=1S/C16H33N3O/c1-13(2)19(4)11-5-10-18-15(20)16(12-17)8-6-14(3)7-9-16/h13-14H,5-12,17H2,1-4H3,(H,18,20). The maximum atomic E-state index is 12.4. The van der Waals surface area contributed by atoms with Crippen molar-refractivity contribution in [2.75, 3.05) is 26.7 Å². The van der Waals surface area contributed by atoms with Crippen LogP contribution in [0, 0.1) is 11.3 Å². The van der Waals surface area contributed by atoms with Gasteiger partial charge in [-0.2, -0.15) is 0 Å². The molecule has 1 saturated carbocycles. The van der Waals surface area contributed by atoms with Crippen molar-refractivity contribution in [3.8, 4) is 0 Å². The van der Waals surface area contributed by atoms with Crippen molar-refractivity contribution in [1.29, 1.82) is 0 Å². The average Bonchev–Trinajstić information content (AvgIpc) is 2.44. The molecule has 0 aromatic heterocycles. The summed E-state index contributed by atoms with van der Waals surface area (Å²) in [6, 6.07) is 0.556. The Bertz CT molecular complexity index is 296. The first-order valence-corrected chi connectivity index (χ1v) is 8.10. The van der Waals surface area contributed by atoms with E-state index in [1.54, 1.807) is 0 Å². The number of rotatable bonds is 7. The number of amides is 1. The molecule has 0 radical (unpaired) electrons. The van der Waals surface area contributed by atoms with Gasteiger partial charge in [0.2, 0.25) is 5.91 Å². The Balaban J connectivity index is 2.33. The number of carbonyl (C=O) groups is 1. The second-order valence-corrected chi connectivity index (χ2v) is 6.85. The summed E-state index contributed by atoms with van der Waals surface area (Å²) in [5.74, 6) is 0.918. The summed E-state index contributed by atoms with van der Waals surface area (Å²) in [5.41, 5.74) is 5.61. The molecule has 0 atom stereocenters. The lowest BCUT2D eigenvalue weighted by atomic mass is 9.70. The molecule has 4 heteroatoms. The van der Waals surface area contributed by atoms with Crippen molar-refractivity contribution < 1.29 is 4.79 Å². The van der Waals surface area contributed by atoms with Crippen molar-refractivity contribution in [2.45, 2.75) is 58.9 Å². The highest BCUT2D eigenvalue weighted by molar-refractivity contribution is 5.83. The normalized spacial score (nSPS) is 27.1. The summed E-state index contributed by atoms with van der Waals surface area (Å²) in [7, 11) is 2.12. The third-order valence-corrected chi connectivity index (χ3v) is 4.96. The minimum atomic E-state index is -0.295. The van der Waals surface area contributed by atoms with Crippen molar-refractivity contribution in [3.63, 3.8) is 0 Å². The number of hydrogen-bond acceptors (Lipinski definition) is 3. The molecule has 1 aliphatic carbocycles. The van der Waals surface area contributed by atoms with Gasteiger partial charge in [0.1, 0.15) is 0 Å². The quantitative estimate of drug-likeness (QED) is 0.703. The van der Waals surface area contributed by atoms with Crippen LogP contribution in [0.3, 0.4) is 0 Å². The van der Waals surface area contributed by atoms with E-state index in [9.17, 15) is 4.79 Å². The molecule has 0 aromatic carbocycles. The van der Waals surface area contributed by atoms with Gasteiger partial charge in [-0.15, -0.1) is 0 Å². The van der Waals surface area contributed by atoms with Gasteiger partial charge in [0.15, 0.2) is 0 Å². The van der Waals surface area contributed by atoms with E-state index in [2.05, 4.69) is 38.0 Å². The molecule has 0 spiro atoms. The zero-order valence-electron chi connectivity index (χ0n) is 13.7. The molecule has 0 aromatic rings. The van der Waals surface area contributed by atoms with Gasteiger partial charge in [0, 0.05) is 19.1 Å². The van der Waals surface area contributed by atoms with Crippen LogP contribution in [0.15, 0.2) is 0 Å². The van der Waals surface area contributed by atoms with Crippen LogP contribution in [0.4, 0.5) is 0 Å². The van der Waals surface area contributed by atoms with Crippen molar-refractivity contribution >= 4 is 5.91 Å². The molecule has 0 unspecified atom stereocenters. The van der Waals surface area contributed by atoms with E-state index in [-0.39, 0.29) is 11.3 Å². The fourth-order valence-electron chi connectivity index (χ4n) is 2.81. The highest BCUT2D eigenvalue weighted by Crippen LogP contribution is 2.38. The lowest BCUT2D eigenvalue weighted by Gasteiger charge is -2.37. The number of nitrogens with two attached hydrogens (primary N) is 1. The van der Waals surface area contributed by atoms with Crippen molar-refractivity contribution in [2.24, 2.45) is 17.1 Å². The molecule has 0 aliphatic heterocycles. The van der Waals surface area contributed by atoms with Crippen molar-refractivity contribution in [3.05, 3.63) is 0 Å². The average molecular weight is 283 g/mol. The molecule has 1 aliphatic rings. The zero-order valence-corrected chi connectivity index (χ0v) is 13.7. The Labute approximate surface area is 124 Å². The molecule has 20 heavy (non-hydrogen) atoms. The Morgan fingerprint density at radius 2 is 2.00 bits per heavy atom. The topological polar surface area (TPSA) is 58.4 Å². The monoisotopic (exact) mass is 283 g/mol. The highest BCUT2D eigenvalue weighted by Gasteiger charge is 2.39. The van der Waals surface area contributed by atoms with Gasteiger partial charge in [-0.3, -0.25) is 4.79 Å². The van der Waals surface area contributed by atoms with Crippen LogP contribution in [0.25, 0.3) is 0 Å². The van der Waals surface area contributed by atoms with Crippen LogP contribution < -0.4 is 11.1 Å². The summed E-state index contributed by atoms with van der Waals surface area (Å²) >= 11 is 0. The highest BCUT2D eigenvalue weighted by atomic mass is 16.2. The summed E-state index contributed by atoms with van der Waals surface area (Å²) < 4.78 is 0. The minimum Gasteiger partial charge on any atom is -0.356 e. The first kappa shape index (κ1) is 17.4. The summed E-state index contributed by atoms with van der Waals surface area (Å²) in [4.78, 5) is 14.7. The molecule has 0 saturated heterocycles. The molecule has 3 N–H and O–H groups in total. The second kappa shape index (κ2) is 7.99. The van der Waals surface area contributed by atoms with Gasteiger partial charge < -0.3 is 16.0 Å². The van der Waals surface area contributed by atoms with E-state index in [1.165, 1.54) is 0 Å². The number of nitrogens with zero attached hydrogens (tertiary/aromatic N) is 1. The molecule has 118 valence electrons. The van der Waals surface area contributed by atoms with Gasteiger partial charge in [-0.1, -0.05) is 6.92 Å². The van der Waals surface area contributed by atoms with Crippen LogP contribution in [0.1, 0.15) is 52.9 Å². The Morgan fingerprint density at radius 3 is 2.50 bits per heavy atom. The predicted molar refractivity (Wildman–Crippen MR) is 84.5 cm³/mol. The lowest BCUT2D eigenvalue weighted by Crippen LogP contribution is -2.48. The zero-order chi connectivity index (χ0) is 15.2. The van der Waals surface area contributed by atoms with Gasteiger partial charge in [0.05, 0.1) is 5.41 Å². The maximum absolute atomic E-state index is 12.4. The van der Waals surface area contributed by atoms with E-state index in [4.69, 9.17) is 5.73 Å². The number of hydrogen-bond donors (Lipinski definition) is 2. The largest absolute Gasteiger partial charge is 0.356 e. The van der Waals surface area contributed by atoms with Gasteiger partial charge in [-0.05, 0) is 65.5 Å². The lowest BCUT2D eigenvalue weighted by molar-refractivity contribution is -0.132. The third-order valence-electron chi connectivity index (χ3n) is 4.96. The first-order valence-electron chi connectivity index (χ1n) is 8.10. The van der Waals surface area contributed by atoms with Crippen LogP contribution in [-0.4, -0.2) is 43.5 Å². The fraction of sp³-hybridized carbons (Fsp3) is 0.938. The maximum Gasteiger partial charge on any atom is 0.227 e. The van der Waals surface area contributed by atoms with Gasteiger partial charge in [-0.25, -0.2) is 0 Å². The number of nitrogens with one attached hydrogen (secondary N) is 1. The van der Waals surface area contributed by atoms with Gasteiger partial charge >= 0.3 is 0 Å². The predicted octanol–water partition coefficient (Wildman–Crippen LogP) is 1.99. The summed E-state index contributed by atoms with van der Waals surface area (Å²) in [5, 5.41) is 3.11. The van der Waals surface area contributed by atoms with Crippen LogP contribution >= 0.6 is 0 Å². The molecule has 0 bridgehead atoms. The summed E-state index contributed by atoms with van der Waals surface area (Å²) in [6.07, 6.45) is 5.14. The van der Waals surface area contributed by atoms with Crippen LogP contribution in [0.2, 0.25) is 0 Å². The Kier molecular flexibility index (Phi) is 6.96. The van der Waals surface area contributed by atoms with E-state index >= 15 is 0 Å². The molecule has 0 heterocycles. The molecule has 1 amide bonds. The fourth-order valence-corrected chi connectivity index (χ4v) is 2.81. The smallest absolute Gasteiger partial charge is 0.227 e. The molecule has 1 fully saturated rings.